The van der Waals surface area contributed by atoms with Gasteiger partial charge in [0.25, 0.3) is 5.91 Å². The highest BCUT2D eigenvalue weighted by Gasteiger charge is 2.21. The van der Waals surface area contributed by atoms with Crippen LogP contribution in [0.1, 0.15) is 28.0 Å². The van der Waals surface area contributed by atoms with Gasteiger partial charge in [-0.05, 0) is 31.4 Å². The molecule has 0 spiro atoms. The zero-order chi connectivity index (χ0) is 15.5. The second-order valence-electron chi connectivity index (χ2n) is 5.00. The van der Waals surface area contributed by atoms with Crippen LogP contribution in [-0.2, 0) is 12.8 Å². The van der Waals surface area contributed by atoms with Crippen LogP contribution in [-0.4, -0.2) is 30.1 Å². The number of aromatic nitrogens is 2. The zero-order valence-corrected chi connectivity index (χ0v) is 12.5. The number of aryl methyl sites for hydroxylation is 1. The molecule has 1 aromatic carbocycles. The van der Waals surface area contributed by atoms with Gasteiger partial charge in [-0.25, -0.2) is 9.97 Å². The third-order valence-corrected chi connectivity index (χ3v) is 3.75. The fourth-order valence-corrected chi connectivity index (χ4v) is 2.71. The second-order valence-corrected chi connectivity index (χ2v) is 5.00. The van der Waals surface area contributed by atoms with Gasteiger partial charge < -0.3 is 14.8 Å². The molecule has 1 aliphatic rings. The van der Waals surface area contributed by atoms with Gasteiger partial charge in [0.05, 0.1) is 19.8 Å². The monoisotopic (exact) mass is 299 g/mol. The molecule has 0 saturated heterocycles. The predicted molar refractivity (Wildman–Crippen MR) is 81.6 cm³/mol. The Morgan fingerprint density at radius 1 is 1.18 bits per heavy atom. The van der Waals surface area contributed by atoms with E-state index in [-0.39, 0.29) is 5.91 Å². The summed E-state index contributed by atoms with van der Waals surface area (Å²) in [5, 5.41) is 2.86. The van der Waals surface area contributed by atoms with Crippen molar-refractivity contribution in [2.75, 3.05) is 19.5 Å². The van der Waals surface area contributed by atoms with Crippen molar-refractivity contribution in [2.24, 2.45) is 0 Å². The van der Waals surface area contributed by atoms with E-state index in [9.17, 15) is 4.79 Å². The minimum absolute atomic E-state index is 0.274. The van der Waals surface area contributed by atoms with Gasteiger partial charge in [0, 0.05) is 11.3 Å². The molecule has 114 valence electrons. The number of nitrogens with one attached hydrogen (secondary N) is 1. The smallest absolute Gasteiger partial charge is 0.260 e. The van der Waals surface area contributed by atoms with E-state index in [4.69, 9.17) is 9.47 Å². The Bertz CT molecular complexity index is 716. The van der Waals surface area contributed by atoms with Crippen LogP contribution in [0.5, 0.6) is 11.5 Å². The van der Waals surface area contributed by atoms with Crippen LogP contribution in [0.4, 0.5) is 5.82 Å². The molecular formula is C16H17N3O3. The van der Waals surface area contributed by atoms with E-state index in [1.165, 1.54) is 20.5 Å². The van der Waals surface area contributed by atoms with Crippen molar-refractivity contribution >= 4 is 11.7 Å². The second kappa shape index (κ2) is 6.01. The fraction of sp³-hybridized carbons (Fsp3) is 0.312. The largest absolute Gasteiger partial charge is 0.493 e. The molecule has 0 aliphatic heterocycles. The molecular weight excluding hydrogens is 282 g/mol. The van der Waals surface area contributed by atoms with E-state index in [1.54, 1.807) is 18.2 Å². The van der Waals surface area contributed by atoms with Crippen LogP contribution in [0.25, 0.3) is 0 Å². The van der Waals surface area contributed by atoms with Gasteiger partial charge in [-0.2, -0.15) is 0 Å². The van der Waals surface area contributed by atoms with E-state index in [0.29, 0.717) is 22.9 Å². The molecule has 6 nitrogen and oxygen atoms in total. The zero-order valence-electron chi connectivity index (χ0n) is 12.5. The van der Waals surface area contributed by atoms with Crippen molar-refractivity contribution in [3.63, 3.8) is 0 Å². The molecule has 22 heavy (non-hydrogen) atoms. The molecule has 0 unspecified atom stereocenters. The molecule has 0 saturated carbocycles. The van der Waals surface area contributed by atoms with E-state index < -0.39 is 0 Å². The maximum atomic E-state index is 12.6. The minimum atomic E-state index is -0.274. The molecule has 3 rings (SSSR count). The molecule has 2 aromatic rings. The van der Waals surface area contributed by atoms with E-state index in [1.807, 2.05) is 0 Å². The van der Waals surface area contributed by atoms with Gasteiger partial charge in [-0.15, -0.1) is 0 Å². The van der Waals surface area contributed by atoms with Crippen LogP contribution in [0.3, 0.4) is 0 Å². The molecule has 1 heterocycles. The summed E-state index contributed by atoms with van der Waals surface area (Å²) in [6.45, 7) is 0. The number of para-hydroxylation sites is 1. The molecule has 0 radical (unpaired) electrons. The summed E-state index contributed by atoms with van der Waals surface area (Å²) < 4.78 is 10.5. The average Bonchev–Trinajstić information content (AvgIpc) is 3.03. The van der Waals surface area contributed by atoms with Crippen molar-refractivity contribution in [2.45, 2.75) is 19.3 Å². The Kier molecular flexibility index (Phi) is 3.91. The maximum Gasteiger partial charge on any atom is 0.260 e. The topological polar surface area (TPSA) is 73.3 Å². The number of anilines is 1. The van der Waals surface area contributed by atoms with Gasteiger partial charge in [-0.1, -0.05) is 6.07 Å². The van der Waals surface area contributed by atoms with E-state index >= 15 is 0 Å². The summed E-state index contributed by atoms with van der Waals surface area (Å²) in [5.74, 6) is 1.23. The Morgan fingerprint density at radius 2 is 2.05 bits per heavy atom. The third kappa shape index (κ3) is 2.47. The number of carbonyl (C=O) groups excluding carboxylic acids is 1. The number of ether oxygens (including phenoxy) is 2. The summed E-state index contributed by atoms with van der Waals surface area (Å²) >= 11 is 0. The van der Waals surface area contributed by atoms with Gasteiger partial charge in [0.1, 0.15) is 12.1 Å². The summed E-state index contributed by atoms with van der Waals surface area (Å²) in [5.41, 5.74) is 2.45. The molecule has 6 heteroatoms. The highest BCUT2D eigenvalue weighted by molar-refractivity contribution is 6.06. The summed E-state index contributed by atoms with van der Waals surface area (Å²) in [6.07, 6.45) is 4.35. The molecule has 0 atom stereocenters. The van der Waals surface area contributed by atoms with Crippen LogP contribution < -0.4 is 14.8 Å². The van der Waals surface area contributed by atoms with Crippen molar-refractivity contribution in [3.05, 3.63) is 41.3 Å². The normalized spacial score (nSPS) is 12.6. The van der Waals surface area contributed by atoms with Gasteiger partial charge in [0.2, 0.25) is 0 Å². The average molecular weight is 299 g/mol. The molecule has 1 aliphatic carbocycles. The predicted octanol–water partition coefficient (Wildman–Crippen LogP) is 2.23. The lowest BCUT2D eigenvalue weighted by Crippen LogP contribution is -2.16. The lowest BCUT2D eigenvalue weighted by Gasteiger charge is -2.13. The van der Waals surface area contributed by atoms with Gasteiger partial charge in [-0.3, -0.25) is 4.79 Å². The first-order valence-corrected chi connectivity index (χ1v) is 7.09. The number of methoxy groups -OCH3 is 2. The highest BCUT2D eigenvalue weighted by Crippen LogP contribution is 2.32. The standard InChI is InChI=1S/C16H17N3O3/c1-21-13-8-4-6-11(14(13)22-2)16(20)19-15-10-5-3-7-12(10)17-9-18-15/h4,6,8-9H,3,5,7H2,1-2H3,(H,17,18,19,20). The summed E-state index contributed by atoms with van der Waals surface area (Å²) in [6, 6.07) is 5.19. The Balaban J connectivity index is 1.92. The first-order chi connectivity index (χ1) is 10.7. The quantitative estimate of drug-likeness (QED) is 0.937. The maximum absolute atomic E-state index is 12.6. The number of benzene rings is 1. The highest BCUT2D eigenvalue weighted by atomic mass is 16.5. The molecule has 1 N–H and O–H groups in total. The first kappa shape index (κ1) is 14.3. The Morgan fingerprint density at radius 3 is 2.82 bits per heavy atom. The summed E-state index contributed by atoms with van der Waals surface area (Å²) in [4.78, 5) is 21.0. The Labute approximate surface area is 128 Å². The van der Waals surface area contributed by atoms with Crippen LogP contribution in [0.2, 0.25) is 0 Å². The lowest BCUT2D eigenvalue weighted by molar-refractivity contribution is 0.102. The number of hydrogen-bond donors (Lipinski definition) is 1. The third-order valence-electron chi connectivity index (χ3n) is 3.75. The van der Waals surface area contributed by atoms with Crippen LogP contribution >= 0.6 is 0 Å². The van der Waals surface area contributed by atoms with Crippen LogP contribution in [0.15, 0.2) is 24.5 Å². The number of nitrogens with zero attached hydrogens (tertiary/aromatic N) is 2. The molecule has 0 bridgehead atoms. The van der Waals surface area contributed by atoms with Crippen molar-refractivity contribution in [1.29, 1.82) is 0 Å². The number of fused-ring (bicyclic) bond motifs is 1. The van der Waals surface area contributed by atoms with Crippen LogP contribution in [0, 0.1) is 0 Å². The molecule has 0 fully saturated rings. The fourth-order valence-electron chi connectivity index (χ4n) is 2.71. The SMILES string of the molecule is COc1cccc(C(=O)Nc2ncnc3c2CCC3)c1OC. The van der Waals surface area contributed by atoms with Gasteiger partial charge >= 0.3 is 0 Å². The van der Waals surface area contributed by atoms with Crippen molar-refractivity contribution in [1.82, 2.24) is 9.97 Å². The van der Waals surface area contributed by atoms with Crippen molar-refractivity contribution < 1.29 is 14.3 Å². The molecule has 1 aromatic heterocycles. The van der Waals surface area contributed by atoms with Gasteiger partial charge in [0.15, 0.2) is 11.5 Å². The number of amides is 1. The van der Waals surface area contributed by atoms with Crippen molar-refractivity contribution in [3.8, 4) is 11.5 Å². The van der Waals surface area contributed by atoms with E-state index in [0.717, 1.165) is 30.5 Å². The Hall–Kier alpha value is -2.63. The number of carbonyl (C=O) groups is 1. The summed E-state index contributed by atoms with van der Waals surface area (Å²) in [7, 11) is 3.05. The number of hydrogen-bond acceptors (Lipinski definition) is 5. The lowest BCUT2D eigenvalue weighted by atomic mass is 10.1. The van der Waals surface area contributed by atoms with E-state index in [2.05, 4.69) is 15.3 Å². The minimum Gasteiger partial charge on any atom is -0.493 e. The number of rotatable bonds is 4. The first-order valence-electron chi connectivity index (χ1n) is 7.09. The molecule has 1 amide bonds.